The molecule has 0 spiro atoms. The van der Waals surface area contributed by atoms with Gasteiger partial charge in [0, 0.05) is 26.1 Å². The average Bonchev–Trinajstić information content (AvgIpc) is 2.76. The summed E-state index contributed by atoms with van der Waals surface area (Å²) in [5, 5.41) is 0. The zero-order valence-corrected chi connectivity index (χ0v) is 18.0. The quantitative estimate of drug-likeness (QED) is 0.510. The molecular formula is C25H28ClNO3. The van der Waals surface area contributed by atoms with Gasteiger partial charge in [0.05, 0.1) is 19.8 Å². The molecule has 5 heteroatoms. The fourth-order valence-corrected chi connectivity index (χ4v) is 3.73. The van der Waals surface area contributed by atoms with Crippen molar-refractivity contribution in [2.24, 2.45) is 0 Å². The molecule has 1 aliphatic heterocycles. The van der Waals surface area contributed by atoms with Gasteiger partial charge in [-0.2, -0.15) is 0 Å². The van der Waals surface area contributed by atoms with Crippen molar-refractivity contribution in [3.63, 3.8) is 0 Å². The van der Waals surface area contributed by atoms with Crippen LogP contribution in [-0.2, 0) is 17.7 Å². The largest absolute Gasteiger partial charge is 0.493 e. The van der Waals surface area contributed by atoms with Gasteiger partial charge < -0.3 is 14.2 Å². The van der Waals surface area contributed by atoms with Gasteiger partial charge in [0.2, 0.25) is 0 Å². The summed E-state index contributed by atoms with van der Waals surface area (Å²) < 4.78 is 17.7. The maximum absolute atomic E-state index is 6.20. The Kier molecular flexibility index (Phi) is 8.14. The van der Waals surface area contributed by atoms with E-state index in [2.05, 4.69) is 47.4 Å². The van der Waals surface area contributed by atoms with Crippen molar-refractivity contribution in [3.8, 4) is 17.2 Å². The predicted octanol–water partition coefficient (Wildman–Crippen LogP) is 5.35. The lowest BCUT2D eigenvalue weighted by Gasteiger charge is -2.33. The molecule has 30 heavy (non-hydrogen) atoms. The van der Waals surface area contributed by atoms with Crippen LogP contribution in [0.4, 0.5) is 0 Å². The molecular weight excluding hydrogens is 398 g/mol. The van der Waals surface area contributed by atoms with Gasteiger partial charge in [0.1, 0.15) is 5.75 Å². The van der Waals surface area contributed by atoms with E-state index in [1.165, 1.54) is 5.56 Å². The minimum absolute atomic E-state index is 0. The highest BCUT2D eigenvalue weighted by Gasteiger charge is 2.22. The number of morpholine rings is 1. The number of rotatable bonds is 7. The predicted molar refractivity (Wildman–Crippen MR) is 122 cm³/mol. The van der Waals surface area contributed by atoms with Crippen molar-refractivity contribution in [1.82, 2.24) is 4.90 Å². The van der Waals surface area contributed by atoms with Crippen LogP contribution in [0.2, 0.25) is 0 Å². The first-order valence-electron chi connectivity index (χ1n) is 10.1. The van der Waals surface area contributed by atoms with Crippen LogP contribution < -0.4 is 9.47 Å². The molecule has 0 N–H and O–H groups in total. The van der Waals surface area contributed by atoms with Crippen molar-refractivity contribution in [2.75, 3.05) is 26.8 Å². The summed E-state index contributed by atoms with van der Waals surface area (Å²) >= 11 is 0. The van der Waals surface area contributed by atoms with Crippen molar-refractivity contribution in [1.29, 1.82) is 0 Å². The number of benzene rings is 3. The first-order valence-corrected chi connectivity index (χ1v) is 10.1. The molecule has 4 nitrogen and oxygen atoms in total. The fourth-order valence-electron chi connectivity index (χ4n) is 3.73. The molecule has 3 aromatic carbocycles. The van der Waals surface area contributed by atoms with E-state index in [1.807, 2.05) is 36.4 Å². The highest BCUT2D eigenvalue weighted by molar-refractivity contribution is 5.85. The Morgan fingerprint density at radius 3 is 2.30 bits per heavy atom. The van der Waals surface area contributed by atoms with Crippen molar-refractivity contribution < 1.29 is 14.2 Å². The maximum atomic E-state index is 6.20. The van der Waals surface area contributed by atoms with E-state index in [9.17, 15) is 0 Å². The minimum atomic E-state index is 0. The van der Waals surface area contributed by atoms with Gasteiger partial charge in [-0.1, -0.05) is 60.7 Å². The van der Waals surface area contributed by atoms with Crippen LogP contribution >= 0.6 is 12.4 Å². The Morgan fingerprint density at radius 2 is 1.53 bits per heavy atom. The molecule has 0 amide bonds. The minimum Gasteiger partial charge on any atom is -0.493 e. The number of hydrogen-bond donors (Lipinski definition) is 0. The van der Waals surface area contributed by atoms with E-state index in [4.69, 9.17) is 14.2 Å². The van der Waals surface area contributed by atoms with E-state index < -0.39 is 0 Å². The average molecular weight is 426 g/mol. The third-order valence-corrected chi connectivity index (χ3v) is 5.18. The van der Waals surface area contributed by atoms with Crippen LogP contribution in [0.1, 0.15) is 11.1 Å². The molecule has 1 heterocycles. The summed E-state index contributed by atoms with van der Waals surface area (Å²) in [6, 6.07) is 26.5. The lowest BCUT2D eigenvalue weighted by Crippen LogP contribution is -2.42. The van der Waals surface area contributed by atoms with Gasteiger partial charge in [0.15, 0.2) is 11.5 Å². The second-order valence-electron chi connectivity index (χ2n) is 7.28. The lowest BCUT2D eigenvalue weighted by atomic mass is 10.0. The molecule has 0 bridgehead atoms. The van der Waals surface area contributed by atoms with Crippen LogP contribution in [0.3, 0.4) is 0 Å². The first-order chi connectivity index (χ1) is 14.3. The molecule has 1 unspecified atom stereocenters. The van der Waals surface area contributed by atoms with E-state index >= 15 is 0 Å². The zero-order valence-electron chi connectivity index (χ0n) is 17.2. The summed E-state index contributed by atoms with van der Waals surface area (Å²) in [5.74, 6) is 2.30. The fraction of sp³-hybridized carbons (Fsp3) is 0.280. The molecule has 1 aliphatic rings. The Labute approximate surface area is 184 Å². The number of ether oxygens (including phenoxy) is 3. The van der Waals surface area contributed by atoms with Gasteiger partial charge in [-0.25, -0.2) is 0 Å². The van der Waals surface area contributed by atoms with Crippen LogP contribution in [0.15, 0.2) is 78.9 Å². The van der Waals surface area contributed by atoms with Gasteiger partial charge in [0.25, 0.3) is 0 Å². The Balaban J connectivity index is 0.00000256. The van der Waals surface area contributed by atoms with Crippen molar-refractivity contribution >= 4 is 12.4 Å². The summed E-state index contributed by atoms with van der Waals surface area (Å²) in [6.07, 6.45) is 0.964. The van der Waals surface area contributed by atoms with Crippen LogP contribution in [-0.4, -0.2) is 37.8 Å². The Hall–Kier alpha value is -2.53. The third-order valence-electron chi connectivity index (χ3n) is 5.18. The number of halogens is 1. The standard InChI is InChI=1S/C25H27NO3.ClH/c1-27-24-13-7-8-14-25(24)29-23-12-6-5-11-21(23)17-22-19-26(15-16-28-22)18-20-9-3-2-4-10-20;/h2-14,22H,15-19H2,1H3;1H. The first kappa shape index (κ1) is 22.2. The molecule has 158 valence electrons. The number of para-hydroxylation sites is 3. The number of hydrogen-bond acceptors (Lipinski definition) is 4. The topological polar surface area (TPSA) is 30.9 Å². The summed E-state index contributed by atoms with van der Waals surface area (Å²) in [6.45, 7) is 3.59. The van der Waals surface area contributed by atoms with E-state index in [1.54, 1.807) is 7.11 Å². The van der Waals surface area contributed by atoms with E-state index in [-0.39, 0.29) is 18.5 Å². The SMILES string of the molecule is COc1ccccc1Oc1ccccc1CC1CN(Cc2ccccc2)CCO1.Cl. The van der Waals surface area contributed by atoms with Crippen LogP contribution in [0.25, 0.3) is 0 Å². The Bertz CT molecular complexity index is 919. The van der Waals surface area contributed by atoms with Crippen molar-refractivity contribution in [3.05, 3.63) is 90.0 Å². The smallest absolute Gasteiger partial charge is 0.169 e. The highest BCUT2D eigenvalue weighted by Crippen LogP contribution is 2.33. The molecule has 0 aromatic heterocycles. The molecule has 0 aliphatic carbocycles. The van der Waals surface area contributed by atoms with Crippen molar-refractivity contribution in [2.45, 2.75) is 19.1 Å². The molecule has 0 radical (unpaired) electrons. The van der Waals surface area contributed by atoms with Gasteiger partial charge in [-0.05, 0) is 29.3 Å². The van der Waals surface area contributed by atoms with Gasteiger partial charge in [-0.3, -0.25) is 4.90 Å². The third kappa shape index (κ3) is 5.76. The molecule has 1 saturated heterocycles. The van der Waals surface area contributed by atoms with Gasteiger partial charge >= 0.3 is 0 Å². The summed E-state index contributed by atoms with van der Waals surface area (Å²) in [7, 11) is 1.66. The Morgan fingerprint density at radius 1 is 0.867 bits per heavy atom. The normalized spacial score (nSPS) is 16.5. The van der Waals surface area contributed by atoms with E-state index in [0.29, 0.717) is 0 Å². The number of nitrogens with zero attached hydrogens (tertiary/aromatic N) is 1. The summed E-state index contributed by atoms with van der Waals surface area (Å²) in [4.78, 5) is 2.47. The number of methoxy groups -OCH3 is 1. The van der Waals surface area contributed by atoms with Crippen LogP contribution in [0.5, 0.6) is 17.2 Å². The zero-order chi connectivity index (χ0) is 19.9. The monoisotopic (exact) mass is 425 g/mol. The molecule has 1 atom stereocenters. The highest BCUT2D eigenvalue weighted by atomic mass is 35.5. The molecule has 1 fully saturated rings. The molecule has 3 aromatic rings. The van der Waals surface area contributed by atoms with Crippen LogP contribution in [0, 0.1) is 0 Å². The van der Waals surface area contributed by atoms with E-state index in [0.717, 1.165) is 55.5 Å². The lowest BCUT2D eigenvalue weighted by molar-refractivity contribution is -0.0306. The second kappa shape index (κ2) is 11.0. The maximum Gasteiger partial charge on any atom is 0.169 e. The summed E-state index contributed by atoms with van der Waals surface area (Å²) in [5.41, 5.74) is 2.48. The van der Waals surface area contributed by atoms with Gasteiger partial charge in [-0.15, -0.1) is 12.4 Å². The molecule has 4 rings (SSSR count). The molecule has 0 saturated carbocycles. The second-order valence-corrected chi connectivity index (χ2v) is 7.28.